The molecule has 0 N–H and O–H groups in total. The number of aromatic nitrogens is 6. The Morgan fingerprint density at radius 1 is 0.210 bits per heavy atom. The van der Waals surface area contributed by atoms with E-state index in [-0.39, 0.29) is 5.41 Å². The highest BCUT2D eigenvalue weighted by Gasteiger charge is 2.39. The minimum Gasteiger partial charge on any atom is -0.455 e. The summed E-state index contributed by atoms with van der Waals surface area (Å²) in [5.74, 6) is 2.21. The summed E-state index contributed by atoms with van der Waals surface area (Å²) in [6.45, 7) is 4.76. The third-order valence-corrected chi connectivity index (χ3v) is 30.7. The first-order valence-electron chi connectivity index (χ1n) is 48.8. The molecule has 0 fully saturated rings. The van der Waals surface area contributed by atoms with Crippen molar-refractivity contribution in [1.29, 1.82) is 0 Å². The molecular formula is C135H84N6OS. The van der Waals surface area contributed by atoms with Crippen molar-refractivity contribution in [3.63, 3.8) is 0 Å². The van der Waals surface area contributed by atoms with Crippen LogP contribution in [0.2, 0.25) is 0 Å². The molecule has 0 radical (unpaired) electrons. The molecule has 0 saturated heterocycles. The second-order valence-corrected chi connectivity index (χ2v) is 39.1. The first-order valence-corrected chi connectivity index (χ1v) is 49.7. The fourth-order valence-corrected chi connectivity index (χ4v) is 24.1. The fraction of sp³-hybridized carbons (Fsp3) is 0.0222. The van der Waals surface area contributed by atoms with Crippen LogP contribution in [0, 0.1) is 0 Å². The maximum absolute atomic E-state index is 6.46. The summed E-state index contributed by atoms with van der Waals surface area (Å²) in [5.41, 5.74) is 26.2. The van der Waals surface area contributed by atoms with E-state index in [0.717, 1.165) is 145 Å². The van der Waals surface area contributed by atoms with Gasteiger partial charge in [0.15, 0.2) is 17.5 Å². The summed E-state index contributed by atoms with van der Waals surface area (Å²) in [4.78, 5) is 30.4. The van der Waals surface area contributed by atoms with Crippen molar-refractivity contribution < 1.29 is 4.42 Å². The quantitative estimate of drug-likeness (QED) is 0.133. The lowest BCUT2D eigenvalue weighted by Crippen LogP contribution is -2.15. The molecule has 0 aliphatic heterocycles. The molecule has 24 aromatic carbocycles. The van der Waals surface area contributed by atoms with Crippen molar-refractivity contribution in [3.8, 4) is 112 Å². The van der Waals surface area contributed by atoms with Crippen LogP contribution in [-0.4, -0.2) is 29.9 Å². The number of para-hydroxylation sites is 1. The van der Waals surface area contributed by atoms with Gasteiger partial charge in [-0.05, 0) is 209 Å². The second-order valence-electron chi connectivity index (χ2n) is 38.0. The molecule has 30 rings (SSSR count). The van der Waals surface area contributed by atoms with Crippen LogP contribution in [0.4, 0.5) is 0 Å². The Kier molecular flexibility index (Phi) is 19.4. The van der Waals surface area contributed by atoms with E-state index in [9.17, 15) is 0 Å². The Balaban J connectivity index is 0.000000105. The minimum absolute atomic E-state index is 0.0706. The van der Waals surface area contributed by atoms with Crippen molar-refractivity contribution in [2.24, 2.45) is 0 Å². The molecule has 0 unspecified atom stereocenters. The number of thiophene rings is 1. The number of furan rings is 1. The lowest BCUT2D eigenvalue weighted by atomic mass is 9.79. The monoisotopic (exact) mass is 1840 g/mol. The van der Waals surface area contributed by atoms with Gasteiger partial charge in [0.2, 0.25) is 0 Å². The molecule has 143 heavy (non-hydrogen) atoms. The zero-order valence-corrected chi connectivity index (χ0v) is 78.8. The normalized spacial score (nSPS) is 12.3. The first-order chi connectivity index (χ1) is 70.7. The molecule has 5 heterocycles. The predicted octanol–water partition coefficient (Wildman–Crippen LogP) is 36.8. The standard InChI is InChI=1S/C47H32N2.C44H26N2O.C44H26N2S/c1-47(2)40-20-12-11-19-37(40)43-38-25-22-33-27-31(21-24-34(33)42(38)35-17-9-10-18-36(35)44(43)47)32-23-26-41-39(28-32)45(29-13-5-3-6-14-29)49-46(48-41)30-15-7-4-8-16-30;2*1-3-11-27(12-4-1)42-37-26-30(21-24-38(37)45-44(46-42)28-13-5-2-6-14-28)29-19-22-32-31(25-29)20-23-36-40(32)33-15-7-8-16-34(33)43-41(36)35-17-9-10-18-39(35)47-43/h3-28H,1-2H3;2*1-26H. The van der Waals surface area contributed by atoms with E-state index < -0.39 is 0 Å². The molecule has 0 bridgehead atoms. The molecule has 0 amide bonds. The van der Waals surface area contributed by atoms with Gasteiger partial charge in [0, 0.05) is 96.7 Å². The zero-order valence-electron chi connectivity index (χ0n) is 78.0. The molecule has 0 saturated carbocycles. The van der Waals surface area contributed by atoms with E-state index in [2.05, 4.69) is 408 Å². The summed E-state index contributed by atoms with van der Waals surface area (Å²) < 4.78 is 9.17. The summed E-state index contributed by atoms with van der Waals surface area (Å²) >= 11 is 1.90. The number of benzene rings is 24. The largest absolute Gasteiger partial charge is 0.455 e. The number of fused-ring (bicyclic) bond motifs is 33. The highest BCUT2D eigenvalue weighted by molar-refractivity contribution is 7.27. The molecule has 29 aromatic rings. The van der Waals surface area contributed by atoms with Crippen molar-refractivity contribution in [2.45, 2.75) is 19.3 Å². The Labute approximate surface area is 827 Å². The van der Waals surface area contributed by atoms with Crippen LogP contribution in [0.5, 0.6) is 0 Å². The van der Waals surface area contributed by atoms with Gasteiger partial charge in [0.1, 0.15) is 11.2 Å². The molecule has 0 atom stereocenters. The van der Waals surface area contributed by atoms with E-state index >= 15 is 0 Å². The van der Waals surface area contributed by atoms with Crippen molar-refractivity contribution in [1.82, 2.24) is 29.9 Å². The predicted molar refractivity (Wildman–Crippen MR) is 603 cm³/mol. The number of rotatable bonds is 9. The molecule has 666 valence electrons. The SMILES string of the molecule is CC1(C)c2ccccc2-c2c1c1ccccc1c1c2ccc2cc(-c3ccc4nc(-c5ccccc5)nc(-c5ccccc5)c4c3)ccc21.c1ccc(-c2nc(-c3ccccc3)c3cc(-c4ccc5c(ccc6c5c5ccccc5c5oc7ccccc7c65)c4)ccc3n2)cc1.c1ccc(-c2nc(-c3ccccc3)c3cc(-c4ccc5c(ccc6c5c5ccccc5c5sc7ccccc7c65)c4)ccc3n2)cc1. The van der Waals surface area contributed by atoms with E-state index in [0.29, 0.717) is 0 Å². The van der Waals surface area contributed by atoms with Crippen LogP contribution in [0.15, 0.2) is 478 Å². The summed E-state index contributed by atoms with van der Waals surface area (Å²) in [6, 6.07) is 169. The fourth-order valence-electron chi connectivity index (χ4n) is 22.8. The van der Waals surface area contributed by atoms with Crippen molar-refractivity contribution >= 4 is 183 Å². The Hall–Kier alpha value is -18.3. The lowest BCUT2D eigenvalue weighted by Gasteiger charge is -2.24. The average Bonchev–Trinajstić information content (AvgIpc) is 1.48. The van der Waals surface area contributed by atoms with Gasteiger partial charge in [-0.15, -0.1) is 11.3 Å². The third kappa shape index (κ3) is 13.8. The number of hydrogen-bond acceptors (Lipinski definition) is 8. The van der Waals surface area contributed by atoms with Crippen LogP contribution in [0.3, 0.4) is 0 Å². The Morgan fingerprint density at radius 3 is 1.00 bits per heavy atom. The zero-order chi connectivity index (χ0) is 94.5. The van der Waals surface area contributed by atoms with Crippen LogP contribution < -0.4 is 0 Å². The molecule has 1 aliphatic carbocycles. The summed E-state index contributed by atoms with van der Waals surface area (Å²) in [5, 5.41) is 31.0. The topological polar surface area (TPSA) is 90.5 Å². The number of hydrogen-bond donors (Lipinski definition) is 0. The molecule has 5 aromatic heterocycles. The first kappa shape index (κ1) is 82.9. The highest BCUT2D eigenvalue weighted by atomic mass is 32.1. The number of nitrogens with zero attached hydrogens (tertiary/aromatic N) is 6. The molecule has 7 nitrogen and oxygen atoms in total. The van der Waals surface area contributed by atoms with Crippen LogP contribution in [0.1, 0.15) is 25.0 Å². The smallest absolute Gasteiger partial charge is 0.160 e. The summed E-state index contributed by atoms with van der Waals surface area (Å²) in [7, 11) is 0. The van der Waals surface area contributed by atoms with Gasteiger partial charge in [-0.2, -0.15) is 0 Å². The Morgan fingerprint density at radius 2 is 0.538 bits per heavy atom. The van der Waals surface area contributed by atoms with Crippen molar-refractivity contribution in [2.75, 3.05) is 0 Å². The lowest BCUT2D eigenvalue weighted by molar-refractivity contribution is 0.666. The van der Waals surface area contributed by atoms with E-state index in [1.165, 1.54) is 151 Å². The molecule has 8 heteroatoms. The van der Waals surface area contributed by atoms with Crippen molar-refractivity contribution in [3.05, 3.63) is 484 Å². The van der Waals surface area contributed by atoms with Gasteiger partial charge in [0.25, 0.3) is 0 Å². The summed E-state index contributed by atoms with van der Waals surface area (Å²) in [6.07, 6.45) is 0. The van der Waals surface area contributed by atoms with Gasteiger partial charge < -0.3 is 4.42 Å². The maximum atomic E-state index is 6.46. The highest BCUT2D eigenvalue weighted by Crippen LogP contribution is 2.57. The third-order valence-electron chi connectivity index (χ3n) is 29.5. The van der Waals surface area contributed by atoms with Gasteiger partial charge in [-0.25, -0.2) is 29.9 Å². The van der Waals surface area contributed by atoms with Gasteiger partial charge >= 0.3 is 0 Å². The van der Waals surface area contributed by atoms with E-state index in [1.54, 1.807) is 0 Å². The second kappa shape index (κ2) is 33.5. The average molecular weight is 1840 g/mol. The molecule has 0 spiro atoms. The van der Waals surface area contributed by atoms with Crippen LogP contribution >= 0.6 is 11.3 Å². The van der Waals surface area contributed by atoms with E-state index in [4.69, 9.17) is 34.3 Å². The molecular weight excluding hydrogens is 1750 g/mol. The minimum atomic E-state index is -0.0706. The van der Waals surface area contributed by atoms with Gasteiger partial charge in [-0.3, -0.25) is 0 Å². The molecule has 1 aliphatic rings. The van der Waals surface area contributed by atoms with Gasteiger partial charge in [0.05, 0.1) is 33.6 Å². The Bertz CT molecular complexity index is 9930. The van der Waals surface area contributed by atoms with E-state index in [1.807, 2.05) is 90.2 Å². The maximum Gasteiger partial charge on any atom is 0.160 e. The van der Waals surface area contributed by atoms with Gasteiger partial charge in [-0.1, -0.05) is 420 Å². The van der Waals surface area contributed by atoms with Crippen LogP contribution in [-0.2, 0) is 5.41 Å². The van der Waals surface area contributed by atoms with Crippen LogP contribution in [0.25, 0.3) is 284 Å².